The van der Waals surface area contributed by atoms with Crippen LogP contribution in [-0.2, 0) is 0 Å². The summed E-state index contributed by atoms with van der Waals surface area (Å²) in [5, 5.41) is 0.637. The van der Waals surface area contributed by atoms with Gasteiger partial charge in [0.15, 0.2) is 0 Å². The van der Waals surface area contributed by atoms with Crippen LogP contribution in [0.2, 0.25) is 5.02 Å². The van der Waals surface area contributed by atoms with Crippen LogP contribution in [0.3, 0.4) is 0 Å². The van der Waals surface area contributed by atoms with Crippen molar-refractivity contribution in [2.45, 2.75) is 6.04 Å². The van der Waals surface area contributed by atoms with Crippen LogP contribution in [0.4, 0.5) is 0 Å². The van der Waals surface area contributed by atoms with Crippen LogP contribution in [0.5, 0.6) is 5.88 Å². The first-order chi connectivity index (χ1) is 9.17. The molecule has 0 fully saturated rings. The van der Waals surface area contributed by atoms with E-state index in [4.69, 9.17) is 22.2 Å². The van der Waals surface area contributed by atoms with E-state index in [-0.39, 0.29) is 6.04 Å². The van der Waals surface area contributed by atoms with Crippen LogP contribution in [-0.4, -0.2) is 17.1 Å². The van der Waals surface area contributed by atoms with E-state index >= 15 is 0 Å². The summed E-state index contributed by atoms with van der Waals surface area (Å²) in [5.74, 6) is 6.06. The van der Waals surface area contributed by atoms with Crippen molar-refractivity contribution < 1.29 is 4.74 Å². The molecular formula is C12H12BrClN4O. The van der Waals surface area contributed by atoms with Gasteiger partial charge >= 0.3 is 0 Å². The van der Waals surface area contributed by atoms with Gasteiger partial charge in [-0.05, 0) is 17.7 Å². The molecule has 1 unspecified atom stereocenters. The number of methoxy groups -OCH3 is 1. The Hall–Kier alpha value is -1.21. The Kier molecular flexibility index (Phi) is 4.71. The minimum Gasteiger partial charge on any atom is -0.480 e. The standard InChI is InChI=1S/C12H12BrClN4O/c1-19-12-11(16-4-5-17-12)10(18-15)8-3-2-7(14)6-9(8)13/h2-6,10,18H,15H2,1H3. The molecule has 0 radical (unpaired) electrons. The van der Waals surface area contributed by atoms with Gasteiger partial charge in [-0.15, -0.1) is 0 Å². The molecular weight excluding hydrogens is 332 g/mol. The molecule has 0 saturated heterocycles. The minimum absolute atomic E-state index is 0.352. The van der Waals surface area contributed by atoms with E-state index < -0.39 is 0 Å². The third-order valence-electron chi connectivity index (χ3n) is 2.60. The van der Waals surface area contributed by atoms with Crippen LogP contribution in [0.15, 0.2) is 35.1 Å². The predicted molar refractivity (Wildman–Crippen MR) is 76.9 cm³/mol. The zero-order chi connectivity index (χ0) is 13.8. The monoisotopic (exact) mass is 342 g/mol. The molecule has 2 rings (SSSR count). The molecule has 0 aliphatic rings. The summed E-state index contributed by atoms with van der Waals surface area (Å²) in [5.41, 5.74) is 4.22. The first-order valence-electron chi connectivity index (χ1n) is 5.43. The highest BCUT2D eigenvalue weighted by atomic mass is 79.9. The highest BCUT2D eigenvalue weighted by Gasteiger charge is 2.21. The van der Waals surface area contributed by atoms with Gasteiger partial charge in [0.05, 0.1) is 13.2 Å². The number of nitrogens with one attached hydrogen (secondary N) is 1. The average Bonchev–Trinajstić information content (AvgIpc) is 2.42. The Balaban J connectivity index is 2.50. The highest BCUT2D eigenvalue weighted by Crippen LogP contribution is 2.32. The van der Waals surface area contributed by atoms with Crippen molar-refractivity contribution in [3.63, 3.8) is 0 Å². The summed E-state index contributed by atoms with van der Waals surface area (Å²) in [7, 11) is 1.54. The lowest BCUT2D eigenvalue weighted by molar-refractivity contribution is 0.383. The van der Waals surface area contributed by atoms with E-state index in [1.165, 1.54) is 7.11 Å². The fraction of sp³-hybridized carbons (Fsp3) is 0.167. The lowest BCUT2D eigenvalue weighted by Crippen LogP contribution is -2.30. The zero-order valence-corrected chi connectivity index (χ0v) is 12.4. The van der Waals surface area contributed by atoms with Gasteiger partial charge in [-0.1, -0.05) is 33.6 Å². The van der Waals surface area contributed by atoms with Crippen molar-refractivity contribution in [3.8, 4) is 5.88 Å². The number of rotatable bonds is 4. The second kappa shape index (κ2) is 6.29. The summed E-state index contributed by atoms with van der Waals surface area (Å²) < 4.78 is 6.03. The Morgan fingerprint density at radius 1 is 1.37 bits per heavy atom. The van der Waals surface area contributed by atoms with Gasteiger partial charge in [-0.3, -0.25) is 10.8 Å². The maximum atomic E-state index is 5.94. The highest BCUT2D eigenvalue weighted by molar-refractivity contribution is 9.10. The smallest absolute Gasteiger partial charge is 0.237 e. The zero-order valence-electron chi connectivity index (χ0n) is 10.1. The second-order valence-electron chi connectivity index (χ2n) is 3.72. The summed E-state index contributed by atoms with van der Waals surface area (Å²) in [6.45, 7) is 0. The lowest BCUT2D eigenvalue weighted by atomic mass is 10.0. The van der Waals surface area contributed by atoms with Gasteiger partial charge in [0.1, 0.15) is 5.69 Å². The molecule has 0 aliphatic heterocycles. The van der Waals surface area contributed by atoms with Gasteiger partial charge < -0.3 is 4.74 Å². The number of aromatic nitrogens is 2. The minimum atomic E-state index is -0.352. The van der Waals surface area contributed by atoms with Gasteiger partial charge in [0, 0.05) is 21.9 Å². The molecule has 1 atom stereocenters. The first-order valence-corrected chi connectivity index (χ1v) is 6.60. The van der Waals surface area contributed by atoms with Gasteiger partial charge in [0.25, 0.3) is 0 Å². The van der Waals surface area contributed by atoms with Crippen molar-refractivity contribution in [1.82, 2.24) is 15.4 Å². The van der Waals surface area contributed by atoms with E-state index in [2.05, 4.69) is 31.3 Å². The van der Waals surface area contributed by atoms with Crippen LogP contribution in [0.1, 0.15) is 17.3 Å². The summed E-state index contributed by atoms with van der Waals surface area (Å²) in [6.07, 6.45) is 3.15. The van der Waals surface area contributed by atoms with Crippen molar-refractivity contribution in [1.29, 1.82) is 0 Å². The van der Waals surface area contributed by atoms with Crippen molar-refractivity contribution in [2.75, 3.05) is 7.11 Å². The van der Waals surface area contributed by atoms with Crippen molar-refractivity contribution in [2.24, 2.45) is 5.84 Å². The number of hydrogen-bond acceptors (Lipinski definition) is 5. The number of ether oxygens (including phenoxy) is 1. The first kappa shape index (κ1) is 14.2. The molecule has 0 amide bonds. The largest absolute Gasteiger partial charge is 0.480 e. The number of halogens is 2. The van der Waals surface area contributed by atoms with Crippen LogP contribution < -0.4 is 16.0 Å². The lowest BCUT2D eigenvalue weighted by Gasteiger charge is -2.18. The Morgan fingerprint density at radius 2 is 2.11 bits per heavy atom. The molecule has 0 spiro atoms. The van der Waals surface area contributed by atoms with Gasteiger partial charge in [-0.2, -0.15) is 0 Å². The third-order valence-corrected chi connectivity index (χ3v) is 3.52. The third kappa shape index (κ3) is 3.03. The molecule has 0 saturated carbocycles. The molecule has 1 heterocycles. The molecule has 100 valence electrons. The number of nitrogens with two attached hydrogens (primary N) is 1. The molecule has 5 nitrogen and oxygen atoms in total. The molecule has 19 heavy (non-hydrogen) atoms. The SMILES string of the molecule is COc1nccnc1C(NN)c1ccc(Cl)cc1Br. The topological polar surface area (TPSA) is 73.1 Å². The number of nitrogens with zero attached hydrogens (tertiary/aromatic N) is 2. The van der Waals surface area contributed by atoms with E-state index in [1.807, 2.05) is 6.07 Å². The maximum absolute atomic E-state index is 5.94. The normalized spacial score (nSPS) is 12.2. The van der Waals surface area contributed by atoms with Gasteiger partial charge in [-0.25, -0.2) is 10.4 Å². The Bertz CT molecular complexity index is 581. The predicted octanol–water partition coefficient (Wildman–Crippen LogP) is 2.45. The number of hydrazine groups is 1. The van der Waals surface area contributed by atoms with Crippen LogP contribution in [0.25, 0.3) is 0 Å². The summed E-state index contributed by atoms with van der Waals surface area (Å²) >= 11 is 9.40. The second-order valence-corrected chi connectivity index (χ2v) is 5.01. The summed E-state index contributed by atoms with van der Waals surface area (Å²) in [6, 6.07) is 5.10. The molecule has 1 aromatic heterocycles. The number of hydrogen-bond donors (Lipinski definition) is 2. The van der Waals surface area contributed by atoms with Crippen molar-refractivity contribution >= 4 is 27.5 Å². The van der Waals surface area contributed by atoms with E-state index in [1.54, 1.807) is 24.5 Å². The Labute approximate surface area is 124 Å². The van der Waals surface area contributed by atoms with Crippen molar-refractivity contribution in [3.05, 3.63) is 51.3 Å². The summed E-state index contributed by atoms with van der Waals surface area (Å²) in [4.78, 5) is 8.39. The molecule has 0 bridgehead atoms. The molecule has 2 aromatic rings. The maximum Gasteiger partial charge on any atom is 0.237 e. The average molecular weight is 344 g/mol. The van der Waals surface area contributed by atoms with E-state index in [0.717, 1.165) is 10.0 Å². The fourth-order valence-electron chi connectivity index (χ4n) is 1.74. The van der Waals surface area contributed by atoms with Crippen LogP contribution >= 0.6 is 27.5 Å². The van der Waals surface area contributed by atoms with E-state index in [0.29, 0.717) is 16.6 Å². The number of benzene rings is 1. The molecule has 0 aliphatic carbocycles. The van der Waals surface area contributed by atoms with Gasteiger partial charge in [0.2, 0.25) is 5.88 Å². The van der Waals surface area contributed by atoms with Crippen LogP contribution in [0, 0.1) is 0 Å². The molecule has 1 aromatic carbocycles. The Morgan fingerprint density at radius 3 is 2.74 bits per heavy atom. The fourth-order valence-corrected chi connectivity index (χ4v) is 2.65. The molecule has 7 heteroatoms. The quantitative estimate of drug-likeness (QED) is 0.659. The van der Waals surface area contributed by atoms with E-state index in [9.17, 15) is 0 Å². The molecule has 3 N–H and O–H groups in total.